The maximum absolute atomic E-state index is 12.0. The number of benzene rings is 1. The lowest BCUT2D eigenvalue weighted by Gasteiger charge is -2.21. The smallest absolute Gasteiger partial charge is 0.328 e. The Kier molecular flexibility index (Phi) is 4.20. The van der Waals surface area contributed by atoms with Gasteiger partial charge in [-0.1, -0.05) is 30.3 Å². The Labute approximate surface area is 132 Å². The zero-order chi connectivity index (χ0) is 15.5. The highest BCUT2D eigenvalue weighted by atomic mass is 32.1. The topological polar surface area (TPSA) is 59.5 Å². The Balaban J connectivity index is 1.77. The predicted octanol–water partition coefficient (Wildman–Crippen LogP) is 2.47. The van der Waals surface area contributed by atoms with Crippen molar-refractivity contribution in [2.75, 3.05) is 7.11 Å². The van der Waals surface area contributed by atoms with Crippen LogP contribution in [0.15, 0.2) is 35.7 Å². The summed E-state index contributed by atoms with van der Waals surface area (Å²) in [5.41, 5.74) is 1.85. The van der Waals surface area contributed by atoms with E-state index in [2.05, 4.69) is 4.98 Å². The molecule has 0 saturated carbocycles. The molecule has 3 rings (SSSR count). The lowest BCUT2D eigenvalue weighted by atomic mass is 10.2. The maximum Gasteiger partial charge on any atom is 0.328 e. The van der Waals surface area contributed by atoms with Crippen LogP contribution < -0.4 is 0 Å². The van der Waals surface area contributed by atoms with Crippen molar-refractivity contribution in [3.63, 3.8) is 0 Å². The first-order valence-corrected chi connectivity index (χ1v) is 7.94. The van der Waals surface area contributed by atoms with Crippen molar-refractivity contribution in [2.45, 2.75) is 25.4 Å². The van der Waals surface area contributed by atoms with E-state index >= 15 is 0 Å². The number of esters is 1. The summed E-state index contributed by atoms with van der Waals surface area (Å²) >= 11 is 1.54. The summed E-state index contributed by atoms with van der Waals surface area (Å²) in [7, 11) is 1.35. The molecule has 0 radical (unpaired) electrons. The number of thiazole rings is 1. The molecule has 5 nitrogen and oxygen atoms in total. The number of methoxy groups -OCH3 is 1. The largest absolute Gasteiger partial charge is 0.467 e. The molecular weight excluding hydrogens is 300 g/mol. The number of likely N-dealkylation sites (tertiary alicyclic amines) is 1. The minimum absolute atomic E-state index is 0.0235. The van der Waals surface area contributed by atoms with Crippen LogP contribution in [0.1, 0.15) is 18.5 Å². The van der Waals surface area contributed by atoms with E-state index in [4.69, 9.17) is 4.74 Å². The number of carbonyl (C=O) groups is 2. The zero-order valence-corrected chi connectivity index (χ0v) is 13.0. The van der Waals surface area contributed by atoms with Crippen LogP contribution in [0.4, 0.5) is 0 Å². The van der Waals surface area contributed by atoms with Crippen LogP contribution in [-0.2, 0) is 20.9 Å². The van der Waals surface area contributed by atoms with Crippen molar-refractivity contribution in [3.05, 3.63) is 41.4 Å². The first-order valence-electron chi connectivity index (χ1n) is 7.06. The lowest BCUT2D eigenvalue weighted by Crippen LogP contribution is -2.38. The molecule has 0 N–H and O–H groups in total. The van der Waals surface area contributed by atoms with Crippen molar-refractivity contribution < 1.29 is 14.3 Å². The first-order chi connectivity index (χ1) is 10.7. The van der Waals surface area contributed by atoms with Crippen LogP contribution in [0.25, 0.3) is 10.6 Å². The third-order valence-corrected chi connectivity index (χ3v) is 4.65. The van der Waals surface area contributed by atoms with Gasteiger partial charge in [-0.25, -0.2) is 9.78 Å². The second-order valence-corrected chi connectivity index (χ2v) is 5.97. The van der Waals surface area contributed by atoms with Gasteiger partial charge in [0.05, 0.1) is 19.3 Å². The standard InChI is InChI=1S/C16H16N2O3S/c1-21-16(20)13-7-8-14(19)18(13)9-12-10-22-15(17-12)11-5-3-2-4-6-11/h2-6,10,13H,7-9H2,1H3/t13-/m1/s1. The summed E-state index contributed by atoms with van der Waals surface area (Å²) in [5, 5.41) is 2.85. The Morgan fingerprint density at radius 3 is 2.91 bits per heavy atom. The molecule has 1 aromatic carbocycles. The van der Waals surface area contributed by atoms with Crippen molar-refractivity contribution in [1.29, 1.82) is 0 Å². The summed E-state index contributed by atoms with van der Waals surface area (Å²) in [5.74, 6) is -0.381. The van der Waals surface area contributed by atoms with Gasteiger partial charge >= 0.3 is 5.97 Å². The Morgan fingerprint density at radius 2 is 2.18 bits per heavy atom. The van der Waals surface area contributed by atoms with Gasteiger partial charge in [0.1, 0.15) is 11.0 Å². The molecule has 0 bridgehead atoms. The minimum atomic E-state index is -0.487. The summed E-state index contributed by atoms with van der Waals surface area (Å²) in [6.07, 6.45) is 0.899. The summed E-state index contributed by atoms with van der Waals surface area (Å²) in [4.78, 5) is 29.9. The number of amides is 1. The number of nitrogens with zero attached hydrogens (tertiary/aromatic N) is 2. The molecule has 1 amide bonds. The fourth-order valence-corrected chi connectivity index (χ4v) is 3.40. The molecule has 6 heteroatoms. The fraction of sp³-hybridized carbons (Fsp3) is 0.312. The Bertz CT molecular complexity index is 684. The third-order valence-electron chi connectivity index (χ3n) is 3.71. The summed E-state index contributed by atoms with van der Waals surface area (Å²) in [6, 6.07) is 9.41. The van der Waals surface area contributed by atoms with E-state index in [0.29, 0.717) is 19.4 Å². The van der Waals surface area contributed by atoms with Gasteiger partial charge in [0.25, 0.3) is 0 Å². The normalized spacial score (nSPS) is 17.8. The molecular formula is C16H16N2O3S. The minimum Gasteiger partial charge on any atom is -0.467 e. The van der Waals surface area contributed by atoms with Crippen molar-refractivity contribution >= 4 is 23.2 Å². The molecule has 1 atom stereocenters. The van der Waals surface area contributed by atoms with Gasteiger partial charge in [0.15, 0.2) is 0 Å². The van der Waals surface area contributed by atoms with E-state index < -0.39 is 6.04 Å². The van der Waals surface area contributed by atoms with E-state index in [-0.39, 0.29) is 11.9 Å². The Hall–Kier alpha value is -2.21. The van der Waals surface area contributed by atoms with E-state index in [1.165, 1.54) is 18.4 Å². The Morgan fingerprint density at radius 1 is 1.41 bits per heavy atom. The molecule has 1 fully saturated rings. The molecule has 1 aromatic heterocycles. The van der Waals surface area contributed by atoms with E-state index in [0.717, 1.165) is 16.3 Å². The van der Waals surface area contributed by atoms with Crippen molar-refractivity contribution in [1.82, 2.24) is 9.88 Å². The molecule has 114 valence electrons. The van der Waals surface area contributed by atoms with Crippen molar-refractivity contribution in [3.8, 4) is 10.6 Å². The van der Waals surface area contributed by atoms with E-state index in [1.807, 2.05) is 35.7 Å². The SMILES string of the molecule is COC(=O)[C@H]1CCC(=O)N1Cc1csc(-c2ccccc2)n1. The van der Waals surface area contributed by atoms with E-state index in [1.54, 1.807) is 4.90 Å². The number of ether oxygens (including phenoxy) is 1. The van der Waals surface area contributed by atoms with Crippen LogP contribution in [0.2, 0.25) is 0 Å². The van der Waals surface area contributed by atoms with Gasteiger partial charge in [-0.3, -0.25) is 4.79 Å². The lowest BCUT2D eigenvalue weighted by molar-refractivity contribution is -0.149. The number of hydrogen-bond acceptors (Lipinski definition) is 5. The number of hydrogen-bond donors (Lipinski definition) is 0. The average molecular weight is 316 g/mol. The predicted molar refractivity (Wildman–Crippen MR) is 83.1 cm³/mol. The average Bonchev–Trinajstić information content (AvgIpc) is 3.16. The monoisotopic (exact) mass is 316 g/mol. The van der Waals surface area contributed by atoms with Gasteiger partial charge in [-0.05, 0) is 6.42 Å². The van der Waals surface area contributed by atoms with E-state index in [9.17, 15) is 9.59 Å². The molecule has 0 unspecified atom stereocenters. The molecule has 1 saturated heterocycles. The van der Waals surface area contributed by atoms with Gasteiger partial charge < -0.3 is 9.64 Å². The zero-order valence-electron chi connectivity index (χ0n) is 12.2. The second kappa shape index (κ2) is 6.27. The molecule has 1 aliphatic heterocycles. The number of aromatic nitrogens is 1. The van der Waals surface area contributed by atoms with Crippen LogP contribution in [0, 0.1) is 0 Å². The second-order valence-electron chi connectivity index (χ2n) is 5.11. The molecule has 2 aromatic rings. The first kappa shape index (κ1) is 14.7. The molecule has 1 aliphatic rings. The van der Waals surface area contributed by atoms with Gasteiger partial charge in [-0.15, -0.1) is 11.3 Å². The van der Waals surface area contributed by atoms with Crippen LogP contribution in [-0.4, -0.2) is 34.9 Å². The number of carbonyl (C=O) groups excluding carboxylic acids is 2. The van der Waals surface area contributed by atoms with Gasteiger partial charge in [-0.2, -0.15) is 0 Å². The van der Waals surface area contributed by atoms with Crippen molar-refractivity contribution in [2.24, 2.45) is 0 Å². The molecule has 0 spiro atoms. The molecule has 0 aliphatic carbocycles. The molecule has 22 heavy (non-hydrogen) atoms. The molecule has 2 heterocycles. The highest BCUT2D eigenvalue weighted by Crippen LogP contribution is 2.26. The van der Waals surface area contributed by atoms with Gasteiger partial charge in [0, 0.05) is 17.4 Å². The number of rotatable bonds is 4. The fourth-order valence-electron chi connectivity index (χ4n) is 2.58. The van der Waals surface area contributed by atoms with Gasteiger partial charge in [0.2, 0.25) is 5.91 Å². The summed E-state index contributed by atoms with van der Waals surface area (Å²) < 4.78 is 4.77. The highest BCUT2D eigenvalue weighted by Gasteiger charge is 2.37. The summed E-state index contributed by atoms with van der Waals surface area (Å²) in [6.45, 7) is 0.349. The maximum atomic E-state index is 12.0. The quantitative estimate of drug-likeness (QED) is 0.813. The highest BCUT2D eigenvalue weighted by molar-refractivity contribution is 7.13. The van der Waals surface area contributed by atoms with Crippen LogP contribution >= 0.6 is 11.3 Å². The third kappa shape index (κ3) is 2.87. The van der Waals surface area contributed by atoms with Crippen LogP contribution in [0.3, 0.4) is 0 Å². The van der Waals surface area contributed by atoms with Crippen LogP contribution in [0.5, 0.6) is 0 Å².